The van der Waals surface area contributed by atoms with Crippen molar-refractivity contribution in [1.82, 2.24) is 15.2 Å². The van der Waals surface area contributed by atoms with Crippen molar-refractivity contribution in [3.05, 3.63) is 29.3 Å². The summed E-state index contributed by atoms with van der Waals surface area (Å²) in [7, 11) is 2.04. The number of nitrogens with one attached hydrogen (secondary N) is 1. The molecule has 0 aliphatic heterocycles. The van der Waals surface area contributed by atoms with Crippen LogP contribution in [-0.4, -0.2) is 28.1 Å². The summed E-state index contributed by atoms with van der Waals surface area (Å²) >= 11 is 7.19. The van der Waals surface area contributed by atoms with E-state index in [0.29, 0.717) is 6.04 Å². The lowest BCUT2D eigenvalue weighted by Gasteiger charge is -2.26. The van der Waals surface area contributed by atoms with Gasteiger partial charge in [-0.15, -0.1) is 11.3 Å². The van der Waals surface area contributed by atoms with Gasteiger partial charge in [0.15, 0.2) is 5.11 Å². The van der Waals surface area contributed by atoms with Crippen molar-refractivity contribution < 1.29 is 0 Å². The molecule has 0 saturated heterocycles. The Morgan fingerprint density at radius 2 is 2.21 bits per heavy atom. The van der Waals surface area contributed by atoms with Crippen molar-refractivity contribution in [1.29, 1.82) is 0 Å². The molecule has 1 heterocycles. The van der Waals surface area contributed by atoms with Crippen LogP contribution in [0.1, 0.15) is 30.8 Å². The Hall–Kier alpha value is -1.20. The van der Waals surface area contributed by atoms with Gasteiger partial charge in [-0.1, -0.05) is 12.1 Å². The maximum atomic E-state index is 5.44. The standard InChI is InChI=1S/C14H17N3S2/c1-9(17(2)14(18)15-10-7-8-10)13-16-11-5-3-4-6-12(11)19-13/h3-6,9-10H,7-8H2,1-2H3,(H,15,18)/t9-/m1/s1. The summed E-state index contributed by atoms with van der Waals surface area (Å²) in [6.45, 7) is 2.15. The van der Waals surface area contributed by atoms with E-state index in [4.69, 9.17) is 17.2 Å². The summed E-state index contributed by atoms with van der Waals surface area (Å²) in [6.07, 6.45) is 2.48. The number of thiazole rings is 1. The Labute approximate surface area is 122 Å². The second kappa shape index (κ2) is 5.06. The smallest absolute Gasteiger partial charge is 0.169 e. The van der Waals surface area contributed by atoms with E-state index in [1.165, 1.54) is 17.5 Å². The van der Waals surface area contributed by atoms with E-state index in [1.807, 2.05) is 13.1 Å². The first-order valence-electron chi connectivity index (χ1n) is 6.54. The van der Waals surface area contributed by atoms with E-state index in [-0.39, 0.29) is 6.04 Å². The molecular weight excluding hydrogens is 274 g/mol. The lowest BCUT2D eigenvalue weighted by atomic mass is 10.3. The van der Waals surface area contributed by atoms with Crippen LogP contribution in [0, 0.1) is 0 Å². The third-order valence-corrected chi connectivity index (χ3v) is 5.09. The van der Waals surface area contributed by atoms with E-state index in [9.17, 15) is 0 Å². The van der Waals surface area contributed by atoms with Gasteiger partial charge in [0.25, 0.3) is 0 Å². The molecule has 100 valence electrons. The Morgan fingerprint density at radius 1 is 1.47 bits per heavy atom. The van der Waals surface area contributed by atoms with Crippen LogP contribution in [0.15, 0.2) is 24.3 Å². The van der Waals surface area contributed by atoms with Crippen LogP contribution in [0.3, 0.4) is 0 Å². The SMILES string of the molecule is C[C@H](c1nc2ccccc2s1)N(C)C(=S)NC1CC1. The van der Waals surface area contributed by atoms with E-state index in [2.05, 4.69) is 35.3 Å². The Kier molecular flexibility index (Phi) is 3.41. The lowest BCUT2D eigenvalue weighted by molar-refractivity contribution is 0.394. The molecule has 1 aromatic heterocycles. The summed E-state index contributed by atoms with van der Waals surface area (Å²) in [4.78, 5) is 6.80. The highest BCUT2D eigenvalue weighted by molar-refractivity contribution is 7.80. The maximum absolute atomic E-state index is 5.44. The molecule has 0 bridgehead atoms. The number of para-hydroxylation sites is 1. The van der Waals surface area contributed by atoms with Gasteiger partial charge in [-0.2, -0.15) is 0 Å². The number of rotatable bonds is 3. The highest BCUT2D eigenvalue weighted by Gasteiger charge is 2.25. The van der Waals surface area contributed by atoms with Crippen LogP contribution in [0.25, 0.3) is 10.2 Å². The minimum absolute atomic E-state index is 0.205. The Bertz CT molecular complexity index is 571. The van der Waals surface area contributed by atoms with Crippen LogP contribution in [-0.2, 0) is 0 Å². The Balaban J connectivity index is 1.77. The van der Waals surface area contributed by atoms with Crippen LogP contribution >= 0.6 is 23.6 Å². The maximum Gasteiger partial charge on any atom is 0.169 e. The molecule has 1 atom stereocenters. The van der Waals surface area contributed by atoms with Gasteiger partial charge in [0.05, 0.1) is 16.3 Å². The predicted molar refractivity (Wildman–Crippen MR) is 84.6 cm³/mol. The molecule has 1 aliphatic carbocycles. The summed E-state index contributed by atoms with van der Waals surface area (Å²) < 4.78 is 1.24. The molecule has 5 heteroatoms. The summed E-state index contributed by atoms with van der Waals surface area (Å²) in [5.74, 6) is 0. The molecule has 19 heavy (non-hydrogen) atoms. The van der Waals surface area contributed by atoms with Gasteiger partial charge in [-0.25, -0.2) is 4.98 Å². The van der Waals surface area contributed by atoms with Crippen LogP contribution < -0.4 is 5.32 Å². The minimum Gasteiger partial charge on any atom is -0.360 e. The van der Waals surface area contributed by atoms with Crippen LogP contribution in [0.4, 0.5) is 0 Å². The number of nitrogens with zero attached hydrogens (tertiary/aromatic N) is 2. The van der Waals surface area contributed by atoms with Crippen molar-refractivity contribution >= 4 is 38.9 Å². The first-order valence-corrected chi connectivity index (χ1v) is 7.76. The molecular formula is C14H17N3S2. The van der Waals surface area contributed by atoms with Crippen molar-refractivity contribution in [2.45, 2.75) is 31.8 Å². The molecule has 1 fully saturated rings. The zero-order valence-electron chi connectivity index (χ0n) is 11.1. The monoisotopic (exact) mass is 291 g/mol. The quantitative estimate of drug-likeness (QED) is 0.878. The van der Waals surface area contributed by atoms with Gasteiger partial charge in [-0.05, 0) is 44.1 Å². The van der Waals surface area contributed by atoms with Gasteiger partial charge in [0.1, 0.15) is 5.01 Å². The molecule has 1 saturated carbocycles. The zero-order valence-corrected chi connectivity index (χ0v) is 12.7. The van der Waals surface area contributed by atoms with Crippen LogP contribution in [0.2, 0.25) is 0 Å². The molecule has 3 nitrogen and oxygen atoms in total. The average Bonchev–Trinajstić information content (AvgIpc) is 3.12. The fourth-order valence-corrected chi connectivity index (χ4v) is 3.30. The number of fused-ring (bicyclic) bond motifs is 1. The summed E-state index contributed by atoms with van der Waals surface area (Å²) in [5, 5.41) is 5.31. The van der Waals surface area contributed by atoms with Crippen molar-refractivity contribution in [3.8, 4) is 0 Å². The third kappa shape index (κ3) is 2.72. The number of thiocarbonyl (C=S) groups is 1. The fourth-order valence-electron chi connectivity index (χ4n) is 1.91. The predicted octanol–water partition coefficient (Wildman–Crippen LogP) is 3.33. The molecule has 0 spiro atoms. The van der Waals surface area contributed by atoms with Gasteiger partial charge in [0.2, 0.25) is 0 Å². The number of aromatic nitrogens is 1. The second-order valence-electron chi connectivity index (χ2n) is 5.03. The molecule has 0 unspecified atom stereocenters. The van der Waals surface area contributed by atoms with Crippen molar-refractivity contribution in [2.75, 3.05) is 7.05 Å². The first kappa shape index (κ1) is 12.8. The minimum atomic E-state index is 0.205. The molecule has 1 N–H and O–H groups in total. The first-order chi connectivity index (χ1) is 9.15. The molecule has 1 aliphatic rings. The fraction of sp³-hybridized carbons (Fsp3) is 0.429. The van der Waals surface area contributed by atoms with E-state index < -0.39 is 0 Å². The molecule has 3 rings (SSSR count). The Morgan fingerprint density at radius 3 is 2.89 bits per heavy atom. The normalized spacial score (nSPS) is 16.3. The van der Waals surface area contributed by atoms with E-state index >= 15 is 0 Å². The van der Waals surface area contributed by atoms with E-state index in [1.54, 1.807) is 11.3 Å². The summed E-state index contributed by atoms with van der Waals surface area (Å²) in [6, 6.07) is 9.05. The van der Waals surface area contributed by atoms with Crippen LogP contribution in [0.5, 0.6) is 0 Å². The van der Waals surface area contributed by atoms with Gasteiger partial charge in [-0.3, -0.25) is 0 Å². The van der Waals surface area contributed by atoms with Gasteiger partial charge < -0.3 is 10.2 Å². The molecule has 0 amide bonds. The number of hydrogen-bond acceptors (Lipinski definition) is 3. The lowest BCUT2D eigenvalue weighted by Crippen LogP contribution is -2.39. The second-order valence-corrected chi connectivity index (χ2v) is 6.48. The average molecular weight is 291 g/mol. The number of benzene rings is 1. The molecule has 2 aromatic rings. The van der Waals surface area contributed by atoms with Crippen molar-refractivity contribution in [2.24, 2.45) is 0 Å². The number of hydrogen-bond donors (Lipinski definition) is 1. The van der Waals surface area contributed by atoms with Gasteiger partial charge in [0, 0.05) is 13.1 Å². The van der Waals surface area contributed by atoms with E-state index in [0.717, 1.165) is 15.6 Å². The molecule has 1 aromatic carbocycles. The largest absolute Gasteiger partial charge is 0.360 e. The van der Waals surface area contributed by atoms with Crippen molar-refractivity contribution in [3.63, 3.8) is 0 Å². The van der Waals surface area contributed by atoms with Gasteiger partial charge >= 0.3 is 0 Å². The third-order valence-electron chi connectivity index (χ3n) is 3.47. The molecule has 0 radical (unpaired) electrons. The zero-order chi connectivity index (χ0) is 13.4. The topological polar surface area (TPSA) is 28.2 Å². The highest BCUT2D eigenvalue weighted by Crippen LogP contribution is 2.29. The highest BCUT2D eigenvalue weighted by atomic mass is 32.1. The summed E-state index contributed by atoms with van der Waals surface area (Å²) in [5.41, 5.74) is 1.07.